The number of benzene rings is 1. The van der Waals surface area contributed by atoms with Crippen LogP contribution in [0, 0.1) is 16.7 Å². The van der Waals surface area contributed by atoms with Crippen LogP contribution in [0.25, 0.3) is 0 Å². The Morgan fingerprint density at radius 2 is 1.84 bits per heavy atom. The number of methoxy groups -OCH3 is 2. The van der Waals surface area contributed by atoms with Gasteiger partial charge in [-0.1, -0.05) is 76.9 Å². The number of nitrogens with one attached hydrogen (secondary N) is 1. The summed E-state index contributed by atoms with van der Waals surface area (Å²) in [5, 5.41) is 14.5. The lowest BCUT2D eigenvalue weighted by Gasteiger charge is -2.42. The average Bonchev–Trinajstić information content (AvgIpc) is 3.82. The quantitative estimate of drug-likeness (QED) is 0.224. The van der Waals surface area contributed by atoms with Crippen molar-refractivity contribution >= 4 is 41.2 Å². The number of carbonyl (C=O) groups excluding carboxylic acids is 4. The van der Waals surface area contributed by atoms with Gasteiger partial charge in [0, 0.05) is 40.0 Å². The molecule has 13 nitrogen and oxygen atoms in total. The minimum atomic E-state index is -1.83. The third-order valence-corrected chi connectivity index (χ3v) is 12.9. The standard InChI is InChI=1S/C42H62ClN3O10/c1-24-15-14-16-31(53-13)42(51)23-30(54-38(50)44-42)25(2)36-41(9,56-36)32(22-34(48)46(11)28-20-27(19-24)21-29(52-12)35(28)43)55-37(49)26(3)45(10)33(47)17-18-40(7,8)39(4,5)6/h14-16,20-21,25-26,30-32,36,51H,17-19,22-23H2,1-13H3,(H,44,50)/b16-14+,24-15+/t25-,26+,30+,31-,32+,36+,41?,42+/m1/s1. The monoisotopic (exact) mass is 803 g/mol. The minimum Gasteiger partial charge on any atom is -0.495 e. The van der Waals surface area contributed by atoms with Gasteiger partial charge in [-0.15, -0.1) is 0 Å². The smallest absolute Gasteiger partial charge is 0.409 e. The normalized spacial score (nSPS) is 30.8. The van der Waals surface area contributed by atoms with Gasteiger partial charge in [-0.25, -0.2) is 9.59 Å². The second-order valence-electron chi connectivity index (χ2n) is 17.5. The molecule has 0 radical (unpaired) electrons. The van der Waals surface area contributed by atoms with E-state index in [1.54, 1.807) is 52.2 Å². The molecule has 1 unspecified atom stereocenters. The van der Waals surface area contributed by atoms with Crippen molar-refractivity contribution in [2.24, 2.45) is 16.7 Å². The Morgan fingerprint density at radius 1 is 1.18 bits per heavy atom. The second-order valence-corrected chi connectivity index (χ2v) is 17.9. The molecular formula is C42H62ClN3O10. The molecule has 3 aliphatic rings. The van der Waals surface area contributed by atoms with Crippen LogP contribution in [0.5, 0.6) is 5.75 Å². The molecule has 0 aliphatic carbocycles. The summed E-state index contributed by atoms with van der Waals surface area (Å²) in [7, 11) is 6.09. The average molecular weight is 804 g/mol. The first-order chi connectivity index (χ1) is 25.9. The van der Waals surface area contributed by atoms with Crippen LogP contribution in [0.1, 0.15) is 93.6 Å². The molecule has 8 atom stereocenters. The zero-order chi connectivity index (χ0) is 42.1. The molecule has 0 aromatic heterocycles. The first-order valence-electron chi connectivity index (χ1n) is 19.2. The first kappa shape index (κ1) is 45.1. The fourth-order valence-corrected chi connectivity index (χ4v) is 7.50. The molecule has 1 aromatic carbocycles. The van der Waals surface area contributed by atoms with Crippen LogP contribution < -0.4 is 15.0 Å². The Hall–Kier alpha value is -3.65. The van der Waals surface area contributed by atoms with E-state index in [1.165, 1.54) is 24.0 Å². The Labute approximate surface area is 337 Å². The number of anilines is 1. The molecule has 2 fully saturated rings. The van der Waals surface area contributed by atoms with Crippen molar-refractivity contribution in [3.8, 4) is 5.75 Å². The highest BCUT2D eigenvalue weighted by Crippen LogP contribution is 2.49. The number of epoxide rings is 1. The van der Waals surface area contributed by atoms with E-state index in [0.29, 0.717) is 24.3 Å². The maximum absolute atomic E-state index is 14.2. The highest BCUT2D eigenvalue weighted by Gasteiger charge is 2.64. The predicted octanol–water partition coefficient (Wildman–Crippen LogP) is 6.37. The summed E-state index contributed by atoms with van der Waals surface area (Å²) in [4.78, 5) is 57.2. The molecule has 3 heterocycles. The number of halogens is 1. The highest BCUT2D eigenvalue weighted by molar-refractivity contribution is 6.35. The molecule has 2 saturated heterocycles. The van der Waals surface area contributed by atoms with Crippen molar-refractivity contribution in [1.29, 1.82) is 0 Å². The number of likely N-dealkylation sites (N-methyl/N-ethyl adjacent to an activating group) is 1. The van der Waals surface area contributed by atoms with E-state index < -0.39 is 65.7 Å². The minimum absolute atomic E-state index is 0.0359. The molecule has 4 rings (SSSR count). The Morgan fingerprint density at radius 3 is 2.45 bits per heavy atom. The van der Waals surface area contributed by atoms with Gasteiger partial charge in [-0.05, 0) is 62.1 Å². The third kappa shape index (κ3) is 9.71. The lowest BCUT2D eigenvalue weighted by molar-refractivity contribution is -0.162. The summed E-state index contributed by atoms with van der Waals surface area (Å²) in [6.07, 6.45) is 1.84. The van der Waals surface area contributed by atoms with Crippen LogP contribution in [-0.2, 0) is 39.8 Å². The molecule has 3 amide bonds. The Balaban J connectivity index is 1.71. The molecule has 3 aliphatic heterocycles. The van der Waals surface area contributed by atoms with Gasteiger partial charge in [0.1, 0.15) is 40.7 Å². The van der Waals surface area contributed by atoms with E-state index in [1.807, 2.05) is 19.9 Å². The largest absolute Gasteiger partial charge is 0.495 e. The summed E-state index contributed by atoms with van der Waals surface area (Å²) in [6, 6.07) is 2.62. The number of aliphatic hydroxyl groups is 1. The lowest BCUT2D eigenvalue weighted by atomic mass is 9.67. The number of nitrogens with zero attached hydrogens (tertiary/aromatic N) is 2. The molecule has 0 spiro atoms. The van der Waals surface area contributed by atoms with Gasteiger partial charge in [0.05, 0.1) is 25.3 Å². The summed E-state index contributed by atoms with van der Waals surface area (Å²) in [6.45, 7) is 17.7. The predicted molar refractivity (Wildman–Crippen MR) is 213 cm³/mol. The number of hydrogen-bond acceptors (Lipinski definition) is 10. The van der Waals surface area contributed by atoms with Crippen molar-refractivity contribution in [3.63, 3.8) is 0 Å². The second kappa shape index (κ2) is 17.1. The fourth-order valence-electron chi connectivity index (χ4n) is 7.19. The molecule has 0 saturated carbocycles. The molecule has 312 valence electrons. The Kier molecular flexibility index (Phi) is 13.7. The van der Waals surface area contributed by atoms with Gasteiger partial charge >= 0.3 is 12.1 Å². The number of fused-ring (bicyclic) bond motifs is 5. The topological polar surface area (TPSA) is 156 Å². The maximum Gasteiger partial charge on any atom is 0.409 e. The number of esters is 1. The van der Waals surface area contributed by atoms with E-state index in [0.717, 1.165) is 11.1 Å². The number of hydrogen-bond donors (Lipinski definition) is 2. The fraction of sp³-hybridized carbons (Fsp3) is 0.667. The molecule has 4 bridgehead atoms. The van der Waals surface area contributed by atoms with Crippen LogP contribution >= 0.6 is 11.6 Å². The van der Waals surface area contributed by atoms with Crippen LogP contribution in [0.3, 0.4) is 0 Å². The van der Waals surface area contributed by atoms with Crippen molar-refractivity contribution in [3.05, 3.63) is 46.5 Å². The van der Waals surface area contributed by atoms with Crippen molar-refractivity contribution < 1.29 is 48.0 Å². The van der Waals surface area contributed by atoms with Gasteiger partial charge in [-0.3, -0.25) is 14.9 Å². The number of carbonyl (C=O) groups is 4. The van der Waals surface area contributed by atoms with Gasteiger partial charge in [0.2, 0.25) is 11.8 Å². The van der Waals surface area contributed by atoms with E-state index in [4.69, 9.17) is 35.3 Å². The molecule has 56 heavy (non-hydrogen) atoms. The number of rotatable bonds is 8. The van der Waals surface area contributed by atoms with Gasteiger partial charge in [-0.2, -0.15) is 0 Å². The molecule has 2 N–H and O–H groups in total. The lowest BCUT2D eigenvalue weighted by Crippen LogP contribution is -2.63. The van der Waals surface area contributed by atoms with Crippen LogP contribution in [0.15, 0.2) is 35.9 Å². The SMILES string of the molecule is COc1cc2cc(c1Cl)N(C)C(=O)C[C@H](OC(=O)[C@H](C)N(C)C(=O)CCC(C)(C)C(C)(C)C)C1(C)O[C@H]1[C@H](C)[C@@H]1C[C@@](O)(NC(=O)O1)[C@H](OC)/C=C/C=C(\C)C2. The van der Waals surface area contributed by atoms with Gasteiger partial charge < -0.3 is 38.6 Å². The van der Waals surface area contributed by atoms with E-state index in [-0.39, 0.29) is 41.0 Å². The van der Waals surface area contributed by atoms with E-state index >= 15 is 0 Å². The summed E-state index contributed by atoms with van der Waals surface area (Å²) < 4.78 is 29.4. The molecular weight excluding hydrogens is 742 g/mol. The summed E-state index contributed by atoms with van der Waals surface area (Å²) >= 11 is 6.79. The third-order valence-electron chi connectivity index (χ3n) is 12.5. The zero-order valence-corrected chi connectivity index (χ0v) is 36.0. The van der Waals surface area contributed by atoms with Crippen molar-refractivity contribution in [2.75, 3.05) is 33.2 Å². The van der Waals surface area contributed by atoms with Crippen LogP contribution in [-0.4, -0.2) is 104 Å². The zero-order valence-electron chi connectivity index (χ0n) is 35.3. The van der Waals surface area contributed by atoms with Crippen LogP contribution in [0.2, 0.25) is 5.02 Å². The number of allylic oxidation sites excluding steroid dienone is 3. The summed E-state index contributed by atoms with van der Waals surface area (Å²) in [5.41, 5.74) is -1.07. The van der Waals surface area contributed by atoms with Crippen LogP contribution in [0.4, 0.5) is 10.5 Å². The summed E-state index contributed by atoms with van der Waals surface area (Å²) in [5.74, 6) is -1.49. The maximum atomic E-state index is 14.2. The molecule has 1 aromatic rings. The molecule has 14 heteroatoms. The Bertz CT molecular complexity index is 1720. The number of ether oxygens (including phenoxy) is 5. The number of alkyl carbamates (subject to hydrolysis) is 1. The van der Waals surface area contributed by atoms with Gasteiger partial charge in [0.15, 0.2) is 5.72 Å². The number of amides is 3. The highest BCUT2D eigenvalue weighted by atomic mass is 35.5. The van der Waals surface area contributed by atoms with E-state index in [9.17, 15) is 24.3 Å². The van der Waals surface area contributed by atoms with E-state index in [2.05, 4.69) is 39.9 Å². The van der Waals surface area contributed by atoms with Gasteiger partial charge in [0.25, 0.3) is 0 Å². The first-order valence-corrected chi connectivity index (χ1v) is 19.6. The van der Waals surface area contributed by atoms with Crippen molar-refractivity contribution in [1.82, 2.24) is 10.2 Å². The van der Waals surface area contributed by atoms with Crippen molar-refractivity contribution in [2.45, 2.75) is 136 Å².